The molecule has 0 radical (unpaired) electrons. The van der Waals surface area contributed by atoms with Gasteiger partial charge in [-0.05, 0) is 13.0 Å². The lowest BCUT2D eigenvalue weighted by Crippen LogP contribution is -2.71. The van der Waals surface area contributed by atoms with E-state index in [1.165, 1.54) is 11.8 Å². The summed E-state index contributed by atoms with van der Waals surface area (Å²) in [6, 6.07) is 2.56. The first-order valence-corrected chi connectivity index (χ1v) is 13.1. The number of nitrogen functional groups attached to an aromatic ring is 1. The van der Waals surface area contributed by atoms with Crippen molar-refractivity contribution in [2.45, 2.75) is 24.9 Å². The number of thioether (sulfide) groups is 1. The summed E-state index contributed by atoms with van der Waals surface area (Å²) in [5.41, 5.74) is 6.47. The molecule has 13 nitrogen and oxygen atoms in total. The van der Waals surface area contributed by atoms with E-state index in [1.54, 1.807) is 31.6 Å². The van der Waals surface area contributed by atoms with Crippen molar-refractivity contribution in [1.29, 1.82) is 0 Å². The van der Waals surface area contributed by atoms with E-state index in [-0.39, 0.29) is 35.5 Å². The number of carboxylic acids is 1. The van der Waals surface area contributed by atoms with Crippen molar-refractivity contribution in [3.8, 4) is 0 Å². The first kappa shape index (κ1) is 25.0. The number of nitrogens with one attached hydrogen (secondary N) is 1. The quantitative estimate of drug-likeness (QED) is 0.154. The van der Waals surface area contributed by atoms with E-state index in [1.807, 2.05) is 15.0 Å². The standard InChI is InChI=1S/C21H19ClN8O5S2/c1-2-35-26-13(16-25-21(23)37-27-16)17(31)24-14-18(32)30-15(20(33)34)10(9-36-19(14)30)7-28-5-6-29-8-11(22)3-4-12(28)29/h3-6,8,14,19H,2,7,9H2,1H3,(H3-,23,24,25,27,31,33,34)/b26-13+/t14-,19-/m1/s1. The van der Waals surface area contributed by atoms with Gasteiger partial charge in [-0.3, -0.25) is 14.5 Å². The number of imidazole rings is 1. The maximum absolute atomic E-state index is 13.0. The zero-order chi connectivity index (χ0) is 26.3. The monoisotopic (exact) mass is 562 g/mol. The molecule has 0 bridgehead atoms. The average Bonchev–Trinajstić information content (AvgIpc) is 3.47. The number of hydrogen-bond donors (Lipinski definition) is 2. The number of amides is 2. The second-order valence-corrected chi connectivity index (χ2v) is 10.3. The number of carboxylic acid groups (broad SMARTS) is 1. The van der Waals surface area contributed by atoms with E-state index in [0.29, 0.717) is 16.3 Å². The van der Waals surface area contributed by atoms with E-state index in [9.17, 15) is 19.5 Å². The van der Waals surface area contributed by atoms with Crippen molar-refractivity contribution in [2.24, 2.45) is 5.16 Å². The summed E-state index contributed by atoms with van der Waals surface area (Å²) in [7, 11) is 0. The molecule has 16 heteroatoms. The minimum atomic E-state index is -1.47. The summed E-state index contributed by atoms with van der Waals surface area (Å²) in [6.07, 6.45) is 5.32. The molecule has 5 rings (SSSR count). The van der Waals surface area contributed by atoms with Gasteiger partial charge in [0.1, 0.15) is 43.2 Å². The summed E-state index contributed by atoms with van der Waals surface area (Å²) in [4.78, 5) is 48.2. The van der Waals surface area contributed by atoms with Gasteiger partial charge in [-0.1, -0.05) is 16.8 Å². The van der Waals surface area contributed by atoms with Crippen LogP contribution in [0.2, 0.25) is 5.02 Å². The third kappa shape index (κ3) is 4.60. The Morgan fingerprint density at radius 3 is 2.95 bits per heavy atom. The van der Waals surface area contributed by atoms with Gasteiger partial charge in [0.25, 0.3) is 17.5 Å². The van der Waals surface area contributed by atoms with Crippen LogP contribution in [0, 0.1) is 0 Å². The number of hydrogen-bond acceptors (Lipinski definition) is 11. The smallest absolute Gasteiger partial charge is 0.286 e. The summed E-state index contributed by atoms with van der Waals surface area (Å²) < 4.78 is 7.64. The Morgan fingerprint density at radius 1 is 1.43 bits per heavy atom. The Labute approximate surface area is 222 Å². The van der Waals surface area contributed by atoms with Gasteiger partial charge in [0.2, 0.25) is 11.5 Å². The molecule has 1 fully saturated rings. The van der Waals surface area contributed by atoms with Crippen LogP contribution >= 0.6 is 34.9 Å². The van der Waals surface area contributed by atoms with Crippen LogP contribution in [0.3, 0.4) is 0 Å². The van der Waals surface area contributed by atoms with Gasteiger partial charge in [-0.2, -0.15) is 9.36 Å². The molecule has 1 saturated heterocycles. The summed E-state index contributed by atoms with van der Waals surface area (Å²) in [5.74, 6) is -2.52. The molecular formula is C21H19ClN8O5S2. The zero-order valence-corrected chi connectivity index (χ0v) is 21.5. The number of carbonyl (C=O) groups excluding carboxylic acids is 3. The van der Waals surface area contributed by atoms with Crippen molar-refractivity contribution in [2.75, 3.05) is 18.1 Å². The van der Waals surface area contributed by atoms with Crippen molar-refractivity contribution >= 4 is 69.2 Å². The molecule has 0 aliphatic carbocycles. The molecule has 2 aliphatic heterocycles. The number of carbonyl (C=O) groups is 3. The Kier molecular flexibility index (Phi) is 6.74. The predicted octanol–water partition coefficient (Wildman–Crippen LogP) is -0.841. The Hall–Kier alpha value is -3.69. The number of oxime groups is 1. The number of β-lactam (4-membered cyclic amide) rings is 1. The molecule has 192 valence electrons. The molecule has 0 aromatic carbocycles. The lowest BCUT2D eigenvalue weighted by molar-refractivity contribution is -0.662. The molecule has 0 spiro atoms. The van der Waals surface area contributed by atoms with Gasteiger partial charge in [0.05, 0.1) is 16.7 Å². The second-order valence-electron chi connectivity index (χ2n) is 7.95. The topological polar surface area (TPSA) is 171 Å². The maximum atomic E-state index is 13.0. The Morgan fingerprint density at radius 2 is 2.24 bits per heavy atom. The van der Waals surface area contributed by atoms with Crippen LogP contribution in [-0.4, -0.2) is 65.9 Å². The van der Waals surface area contributed by atoms with Crippen LogP contribution in [0.25, 0.3) is 5.65 Å². The highest BCUT2D eigenvalue weighted by Crippen LogP contribution is 2.40. The van der Waals surface area contributed by atoms with E-state index < -0.39 is 29.2 Å². The molecule has 5 heterocycles. The summed E-state index contributed by atoms with van der Waals surface area (Å²) in [5, 5.41) is 18.5. The number of rotatable bonds is 8. The van der Waals surface area contributed by atoms with Gasteiger partial charge in [-0.15, -0.1) is 11.8 Å². The molecular weight excluding hydrogens is 544 g/mol. The van der Waals surface area contributed by atoms with Gasteiger partial charge in [0.15, 0.2) is 5.13 Å². The van der Waals surface area contributed by atoms with E-state index in [2.05, 4.69) is 19.8 Å². The van der Waals surface area contributed by atoms with E-state index in [0.717, 1.165) is 22.1 Å². The van der Waals surface area contributed by atoms with Crippen LogP contribution < -0.4 is 20.7 Å². The first-order chi connectivity index (χ1) is 17.8. The van der Waals surface area contributed by atoms with Crippen LogP contribution in [0.15, 0.2) is 47.1 Å². The summed E-state index contributed by atoms with van der Waals surface area (Å²) >= 11 is 8.26. The molecule has 2 aliphatic rings. The SMILES string of the molecule is CCO/N=C(/C(=O)N[C@@H]1C(=O)N2C(C(=O)[O-])=C(C[n+]3ccn4cc(Cl)ccc43)CS[C@H]12)c1nsc(N)n1. The van der Waals surface area contributed by atoms with Crippen molar-refractivity contribution in [1.82, 2.24) is 24.0 Å². The molecule has 2 amide bonds. The molecule has 37 heavy (non-hydrogen) atoms. The van der Waals surface area contributed by atoms with E-state index >= 15 is 0 Å². The van der Waals surface area contributed by atoms with Crippen LogP contribution in [0.1, 0.15) is 12.7 Å². The number of halogens is 1. The van der Waals surface area contributed by atoms with Crippen molar-refractivity contribution < 1.29 is 28.9 Å². The highest BCUT2D eigenvalue weighted by molar-refractivity contribution is 8.00. The lowest BCUT2D eigenvalue weighted by atomic mass is 10.0. The van der Waals surface area contributed by atoms with Gasteiger partial charge in [-0.25, -0.2) is 8.97 Å². The molecule has 3 aromatic rings. The maximum Gasteiger partial charge on any atom is 0.286 e. The third-order valence-electron chi connectivity index (χ3n) is 5.66. The molecule has 3 aromatic heterocycles. The third-order valence-corrected chi connectivity index (χ3v) is 7.77. The van der Waals surface area contributed by atoms with Crippen molar-refractivity contribution in [3.63, 3.8) is 0 Å². The van der Waals surface area contributed by atoms with Gasteiger partial charge < -0.3 is 25.8 Å². The fourth-order valence-corrected chi connectivity index (χ4v) is 6.00. The van der Waals surface area contributed by atoms with E-state index in [4.69, 9.17) is 22.2 Å². The highest BCUT2D eigenvalue weighted by Gasteiger charge is 2.53. The van der Waals surface area contributed by atoms with Crippen LogP contribution in [0.4, 0.5) is 5.13 Å². The number of nitrogens with zero attached hydrogens (tertiary/aromatic N) is 6. The van der Waals surface area contributed by atoms with Gasteiger partial charge in [0, 0.05) is 28.9 Å². The Balaban J connectivity index is 1.37. The minimum Gasteiger partial charge on any atom is -0.543 e. The second kappa shape index (κ2) is 9.99. The predicted molar refractivity (Wildman–Crippen MR) is 132 cm³/mol. The average molecular weight is 563 g/mol. The number of aliphatic carboxylic acids is 1. The van der Waals surface area contributed by atoms with Crippen LogP contribution in [-0.2, 0) is 25.8 Å². The molecule has 0 saturated carbocycles. The fraction of sp³-hybridized carbons (Fsp3) is 0.286. The van der Waals surface area contributed by atoms with Crippen LogP contribution in [0.5, 0.6) is 0 Å². The molecule has 3 N–H and O–H groups in total. The van der Waals surface area contributed by atoms with Gasteiger partial charge >= 0.3 is 0 Å². The molecule has 2 atom stereocenters. The normalized spacial score (nSPS) is 19.6. The highest BCUT2D eigenvalue weighted by atomic mass is 35.5. The molecule has 0 unspecified atom stereocenters. The largest absolute Gasteiger partial charge is 0.543 e. The number of aromatic nitrogens is 4. The van der Waals surface area contributed by atoms with Crippen molar-refractivity contribution in [3.05, 3.63) is 52.8 Å². The zero-order valence-electron chi connectivity index (χ0n) is 19.2. The summed E-state index contributed by atoms with van der Waals surface area (Å²) in [6.45, 7) is 2.10. The first-order valence-electron chi connectivity index (χ1n) is 10.9. The number of anilines is 1. The minimum absolute atomic E-state index is 0.0379. The Bertz CT molecular complexity index is 1480. The number of nitrogens with two attached hydrogens (primary N) is 1. The lowest BCUT2D eigenvalue weighted by Gasteiger charge is -2.50. The number of fused-ring (bicyclic) bond motifs is 2. The fourth-order valence-electron chi connectivity index (χ4n) is 4.06. The number of pyridine rings is 1.